The standard InChI is InChI=1S/C42H46N4O9/c1-42(2,3)55-41(51)45-32-19-16-26-11-10-14-29(21-26)53-20-9-8-15-33(40(49)50)44-38(47)36-23-30(25-46(36)39(32)48)54-37-24-34(27-12-6-5-7-13-27)43-35-22-28(52-4)17-18-31(35)37/h5-14,17-18,21-22,24,30,32-33,36H,15-16,19-20,23,25H2,1-4H3,(H,44,47)(H,45,51)(H,49,50)/b9-8-/t30-,32+,33+,36+/m1/s1. The predicted octanol–water partition coefficient (Wildman–Crippen LogP) is 5.69. The van der Waals surface area contributed by atoms with E-state index in [1.807, 2.05) is 66.7 Å². The highest BCUT2D eigenvalue weighted by molar-refractivity contribution is 5.94. The van der Waals surface area contributed by atoms with Gasteiger partial charge in [0.2, 0.25) is 11.8 Å². The van der Waals surface area contributed by atoms with E-state index >= 15 is 0 Å². The number of fused-ring (bicyclic) bond motifs is 4. The summed E-state index contributed by atoms with van der Waals surface area (Å²) in [5.74, 6) is -0.729. The molecule has 4 atom stereocenters. The van der Waals surface area contributed by atoms with Gasteiger partial charge in [-0.15, -0.1) is 0 Å². The maximum atomic E-state index is 14.6. The molecule has 4 aromatic rings. The van der Waals surface area contributed by atoms with Gasteiger partial charge >= 0.3 is 12.1 Å². The number of aliphatic carboxylic acids is 1. The molecule has 1 saturated heterocycles. The Labute approximate surface area is 319 Å². The Balaban J connectivity index is 1.37. The molecule has 3 N–H and O–H groups in total. The van der Waals surface area contributed by atoms with Crippen LogP contribution in [0.25, 0.3) is 22.2 Å². The number of carboxylic acids is 1. The number of aromatic nitrogens is 1. The molecule has 13 nitrogen and oxygen atoms in total. The summed E-state index contributed by atoms with van der Waals surface area (Å²) < 4.78 is 23.5. The van der Waals surface area contributed by atoms with Gasteiger partial charge in [-0.05, 0) is 69.9 Å². The van der Waals surface area contributed by atoms with Crippen molar-refractivity contribution in [3.05, 3.63) is 96.6 Å². The SMILES string of the molecule is COc1ccc2c(O[C@@H]3C[C@H]4C(=O)N[C@H](C(=O)O)C/C=C\COc5cccc(c5)CC[C@H](NC(=O)OC(C)(C)C)C(=O)N4C3)cc(-c3ccccc3)nc2c1. The molecule has 2 bridgehead atoms. The van der Waals surface area contributed by atoms with Crippen LogP contribution in [0.5, 0.6) is 17.2 Å². The van der Waals surface area contributed by atoms with Crippen molar-refractivity contribution in [2.75, 3.05) is 20.3 Å². The van der Waals surface area contributed by atoms with Gasteiger partial charge in [-0.1, -0.05) is 54.6 Å². The van der Waals surface area contributed by atoms with Gasteiger partial charge in [0.15, 0.2) is 0 Å². The Bertz CT molecular complexity index is 2060. The molecule has 0 unspecified atom stereocenters. The number of pyridine rings is 1. The van der Waals surface area contributed by atoms with E-state index in [4.69, 9.17) is 23.9 Å². The van der Waals surface area contributed by atoms with Gasteiger partial charge in [0.05, 0.1) is 24.9 Å². The largest absolute Gasteiger partial charge is 0.497 e. The molecule has 0 spiro atoms. The minimum atomic E-state index is -1.28. The second-order valence-corrected chi connectivity index (χ2v) is 14.5. The molecule has 2 aliphatic heterocycles. The lowest BCUT2D eigenvalue weighted by Gasteiger charge is -2.30. The maximum Gasteiger partial charge on any atom is 0.408 e. The van der Waals surface area contributed by atoms with Crippen LogP contribution in [0.15, 0.2) is 91.0 Å². The first-order chi connectivity index (χ1) is 26.4. The van der Waals surface area contributed by atoms with E-state index < -0.39 is 53.7 Å². The third kappa shape index (κ3) is 9.91. The Morgan fingerprint density at radius 3 is 2.55 bits per heavy atom. The smallest absolute Gasteiger partial charge is 0.408 e. The lowest BCUT2D eigenvalue weighted by Crippen LogP contribution is -2.55. The van der Waals surface area contributed by atoms with E-state index in [1.54, 1.807) is 52.2 Å². The molecule has 1 aromatic heterocycles. The number of benzene rings is 3. The molecule has 0 aliphatic carbocycles. The van der Waals surface area contributed by atoms with Gasteiger partial charge in [0.1, 0.15) is 53.7 Å². The number of carbonyl (C=O) groups is 4. The summed E-state index contributed by atoms with van der Waals surface area (Å²) >= 11 is 0. The van der Waals surface area contributed by atoms with Gasteiger partial charge in [-0.25, -0.2) is 14.6 Å². The zero-order valence-corrected chi connectivity index (χ0v) is 31.3. The predicted molar refractivity (Wildman–Crippen MR) is 205 cm³/mol. The number of hydrogen-bond acceptors (Lipinski definition) is 9. The molecule has 13 heteroatoms. The van der Waals surface area contributed by atoms with Crippen molar-refractivity contribution in [3.8, 4) is 28.5 Å². The van der Waals surface area contributed by atoms with Gasteiger partial charge < -0.3 is 39.6 Å². The van der Waals surface area contributed by atoms with Crippen LogP contribution < -0.4 is 24.8 Å². The summed E-state index contributed by atoms with van der Waals surface area (Å²) in [6.07, 6.45) is 2.46. The molecule has 0 radical (unpaired) electrons. The molecular formula is C42H46N4O9. The monoisotopic (exact) mass is 750 g/mol. The number of hydrogen-bond donors (Lipinski definition) is 3. The Hall–Kier alpha value is -6.11. The highest BCUT2D eigenvalue weighted by atomic mass is 16.6. The Kier molecular flexibility index (Phi) is 11.9. The number of aryl methyl sites for hydroxylation is 1. The first-order valence-electron chi connectivity index (χ1n) is 18.3. The highest BCUT2D eigenvalue weighted by Gasteiger charge is 2.44. The average molecular weight is 751 g/mol. The third-order valence-electron chi connectivity index (χ3n) is 9.30. The van der Waals surface area contributed by atoms with Crippen LogP contribution in [0, 0.1) is 0 Å². The van der Waals surface area contributed by atoms with E-state index in [0.29, 0.717) is 40.3 Å². The molecule has 55 heavy (non-hydrogen) atoms. The van der Waals surface area contributed by atoms with E-state index in [9.17, 15) is 24.3 Å². The third-order valence-corrected chi connectivity index (χ3v) is 9.30. The minimum absolute atomic E-state index is 0.0113. The number of rotatable bonds is 6. The van der Waals surface area contributed by atoms with Gasteiger partial charge in [0.25, 0.3) is 0 Å². The summed E-state index contributed by atoms with van der Waals surface area (Å²) in [5, 5.41) is 16.1. The molecular weight excluding hydrogens is 704 g/mol. The molecule has 3 amide bonds. The number of nitrogens with one attached hydrogen (secondary N) is 2. The van der Waals surface area contributed by atoms with Crippen LogP contribution in [0.1, 0.15) is 45.6 Å². The number of nitrogens with zero attached hydrogens (tertiary/aromatic N) is 2. The van der Waals surface area contributed by atoms with Crippen LogP contribution >= 0.6 is 0 Å². The summed E-state index contributed by atoms with van der Waals surface area (Å²) in [6, 6.07) is 20.8. The van der Waals surface area contributed by atoms with Gasteiger partial charge in [-0.2, -0.15) is 0 Å². The van der Waals surface area contributed by atoms with Crippen LogP contribution in [0.4, 0.5) is 4.79 Å². The molecule has 3 aromatic carbocycles. The van der Waals surface area contributed by atoms with Crippen LogP contribution in [0.3, 0.4) is 0 Å². The summed E-state index contributed by atoms with van der Waals surface area (Å²) in [4.78, 5) is 60.4. The molecule has 2 aliphatic rings. The molecule has 1 fully saturated rings. The summed E-state index contributed by atoms with van der Waals surface area (Å²) in [7, 11) is 1.57. The summed E-state index contributed by atoms with van der Waals surface area (Å²) in [5.41, 5.74) is 2.17. The second kappa shape index (κ2) is 16.9. The molecule has 6 rings (SSSR count). The van der Waals surface area contributed by atoms with Crippen molar-refractivity contribution in [3.63, 3.8) is 0 Å². The van der Waals surface area contributed by atoms with E-state index in [2.05, 4.69) is 10.6 Å². The van der Waals surface area contributed by atoms with Crippen molar-refractivity contribution in [2.24, 2.45) is 0 Å². The zero-order valence-electron chi connectivity index (χ0n) is 31.3. The van der Waals surface area contributed by atoms with E-state index in [1.165, 1.54) is 4.90 Å². The van der Waals surface area contributed by atoms with Gasteiger partial charge in [0, 0.05) is 29.5 Å². The van der Waals surface area contributed by atoms with Crippen molar-refractivity contribution in [1.29, 1.82) is 0 Å². The van der Waals surface area contributed by atoms with E-state index in [0.717, 1.165) is 11.1 Å². The van der Waals surface area contributed by atoms with Crippen molar-refractivity contribution in [1.82, 2.24) is 20.5 Å². The first kappa shape index (κ1) is 38.6. The fourth-order valence-corrected chi connectivity index (χ4v) is 6.66. The number of methoxy groups -OCH3 is 1. The minimum Gasteiger partial charge on any atom is -0.497 e. The Morgan fingerprint density at radius 2 is 1.80 bits per heavy atom. The number of alkyl carbamates (subject to hydrolysis) is 1. The topological polar surface area (TPSA) is 166 Å². The second-order valence-electron chi connectivity index (χ2n) is 14.5. The van der Waals surface area contributed by atoms with Gasteiger partial charge in [-0.3, -0.25) is 9.59 Å². The molecule has 288 valence electrons. The lowest BCUT2D eigenvalue weighted by molar-refractivity contribution is -0.144. The quantitative estimate of drug-likeness (QED) is 0.209. The number of amides is 3. The zero-order chi connectivity index (χ0) is 39.1. The van der Waals surface area contributed by atoms with Crippen molar-refractivity contribution >= 4 is 34.8 Å². The number of carbonyl (C=O) groups excluding carboxylic acids is 3. The fraction of sp³-hybridized carbons (Fsp3) is 0.357. The Morgan fingerprint density at radius 1 is 1.00 bits per heavy atom. The number of ether oxygens (including phenoxy) is 4. The fourth-order valence-electron chi connectivity index (χ4n) is 6.66. The molecule has 0 saturated carbocycles. The highest BCUT2D eigenvalue weighted by Crippen LogP contribution is 2.35. The lowest BCUT2D eigenvalue weighted by atomic mass is 10.0. The van der Waals surface area contributed by atoms with Crippen LogP contribution in [-0.2, 0) is 25.5 Å². The van der Waals surface area contributed by atoms with Crippen molar-refractivity contribution in [2.45, 2.75) is 76.3 Å². The average Bonchev–Trinajstić information content (AvgIpc) is 3.58. The number of carboxylic acid groups (broad SMARTS) is 1. The van der Waals surface area contributed by atoms with Crippen LogP contribution in [0.2, 0.25) is 0 Å². The normalized spacial score (nSPS) is 21.3. The summed E-state index contributed by atoms with van der Waals surface area (Å²) in [6.45, 7) is 5.33. The first-order valence-corrected chi connectivity index (χ1v) is 18.3. The molecule has 3 heterocycles. The van der Waals surface area contributed by atoms with Crippen LogP contribution in [-0.4, -0.2) is 89.0 Å². The maximum absolute atomic E-state index is 14.6. The van der Waals surface area contributed by atoms with E-state index in [-0.39, 0.29) is 32.4 Å². The van der Waals surface area contributed by atoms with Crippen molar-refractivity contribution < 1.29 is 43.2 Å².